The molecule has 1 rings (SSSR count). The molecule has 0 bridgehead atoms. The van der Waals surface area contributed by atoms with E-state index in [4.69, 9.17) is 9.15 Å². The van der Waals surface area contributed by atoms with Crippen LogP contribution >= 0.6 is 0 Å². The number of rotatable bonds is 5. The summed E-state index contributed by atoms with van der Waals surface area (Å²) in [5, 5.41) is 0. The molecule has 0 radical (unpaired) electrons. The summed E-state index contributed by atoms with van der Waals surface area (Å²) in [6, 6.07) is 3.94. The van der Waals surface area contributed by atoms with Gasteiger partial charge in [-0.1, -0.05) is 13.8 Å². The summed E-state index contributed by atoms with van der Waals surface area (Å²) in [5.74, 6) is 1.53. The number of furan rings is 1. The third-order valence-electron chi connectivity index (χ3n) is 2.78. The lowest BCUT2D eigenvalue weighted by Crippen LogP contribution is -2.25. The van der Waals surface area contributed by atoms with Gasteiger partial charge in [-0.2, -0.15) is 0 Å². The monoisotopic (exact) mass is 279 g/mol. The maximum Gasteiger partial charge on any atom is 0.328 e. The zero-order chi connectivity index (χ0) is 15.4. The molecular formula is C16H25NO3. The Balaban J connectivity index is 2.46. The molecule has 4 nitrogen and oxygen atoms in total. The van der Waals surface area contributed by atoms with Crippen molar-refractivity contribution in [2.45, 2.75) is 59.0 Å². The van der Waals surface area contributed by atoms with Crippen LogP contribution in [0.25, 0.3) is 0 Å². The van der Waals surface area contributed by atoms with Crippen LogP contribution in [0, 0.1) is 6.92 Å². The Bertz CT molecular complexity index is 478. The second-order valence-electron chi connectivity index (χ2n) is 6.61. The largest absolute Gasteiger partial charge is 0.466 e. The zero-order valence-corrected chi connectivity index (χ0v) is 13.3. The third-order valence-corrected chi connectivity index (χ3v) is 2.78. The van der Waals surface area contributed by atoms with Crippen molar-refractivity contribution in [3.05, 3.63) is 23.7 Å². The zero-order valence-electron chi connectivity index (χ0n) is 13.3. The molecule has 1 heterocycles. The fraction of sp³-hybridized carbons (Fsp3) is 0.625. The molecule has 0 saturated heterocycles. The van der Waals surface area contributed by atoms with Crippen LogP contribution in [0.15, 0.2) is 21.5 Å². The predicted molar refractivity (Wildman–Crippen MR) is 80.3 cm³/mol. The van der Waals surface area contributed by atoms with Crippen molar-refractivity contribution in [1.29, 1.82) is 0 Å². The van der Waals surface area contributed by atoms with Gasteiger partial charge in [0.25, 0.3) is 0 Å². The van der Waals surface area contributed by atoms with Crippen molar-refractivity contribution in [3.63, 3.8) is 0 Å². The molecule has 0 amide bonds. The molecule has 0 aliphatic carbocycles. The second kappa shape index (κ2) is 6.25. The third kappa shape index (κ3) is 5.59. The molecule has 0 fully saturated rings. The van der Waals surface area contributed by atoms with E-state index in [1.165, 1.54) is 0 Å². The SMILES string of the molecule is Cc1ccc(C(C)(C)C/C=N/CC(=O)OC(C)(C)C)o1. The van der Waals surface area contributed by atoms with Gasteiger partial charge >= 0.3 is 5.97 Å². The first-order chi connectivity index (χ1) is 9.10. The lowest BCUT2D eigenvalue weighted by atomic mass is 9.87. The first-order valence-corrected chi connectivity index (χ1v) is 6.87. The molecule has 0 unspecified atom stereocenters. The molecule has 0 aliphatic heterocycles. The van der Waals surface area contributed by atoms with Crippen LogP contribution in [0.1, 0.15) is 52.6 Å². The number of hydrogen-bond donors (Lipinski definition) is 0. The van der Waals surface area contributed by atoms with E-state index in [2.05, 4.69) is 18.8 Å². The number of carbonyl (C=O) groups is 1. The van der Waals surface area contributed by atoms with Gasteiger partial charge in [0.05, 0.1) is 0 Å². The van der Waals surface area contributed by atoms with Gasteiger partial charge in [-0.3, -0.25) is 9.79 Å². The van der Waals surface area contributed by atoms with Crippen molar-refractivity contribution < 1.29 is 13.9 Å². The van der Waals surface area contributed by atoms with Crippen molar-refractivity contribution >= 4 is 12.2 Å². The minimum Gasteiger partial charge on any atom is -0.466 e. The van der Waals surface area contributed by atoms with Gasteiger partial charge in [-0.15, -0.1) is 0 Å². The van der Waals surface area contributed by atoms with Gasteiger partial charge in [0.1, 0.15) is 23.7 Å². The number of aryl methyl sites for hydroxylation is 1. The Morgan fingerprint density at radius 3 is 2.45 bits per heavy atom. The Morgan fingerprint density at radius 1 is 1.30 bits per heavy atom. The molecule has 0 aliphatic rings. The van der Waals surface area contributed by atoms with E-state index in [0.717, 1.165) is 11.5 Å². The van der Waals surface area contributed by atoms with Crippen molar-refractivity contribution in [2.24, 2.45) is 4.99 Å². The van der Waals surface area contributed by atoms with E-state index < -0.39 is 5.60 Å². The summed E-state index contributed by atoms with van der Waals surface area (Å²) in [7, 11) is 0. The summed E-state index contributed by atoms with van der Waals surface area (Å²) in [5.41, 5.74) is -0.594. The molecule has 0 aromatic carbocycles. The highest BCUT2D eigenvalue weighted by Crippen LogP contribution is 2.27. The Kier molecular flexibility index (Phi) is 5.15. The number of ether oxygens (including phenoxy) is 1. The average molecular weight is 279 g/mol. The summed E-state index contributed by atoms with van der Waals surface area (Å²) in [4.78, 5) is 15.6. The van der Waals surface area contributed by atoms with Crippen LogP contribution in [0.2, 0.25) is 0 Å². The average Bonchev–Trinajstić information content (AvgIpc) is 2.70. The fourth-order valence-electron chi connectivity index (χ4n) is 1.70. The first-order valence-electron chi connectivity index (χ1n) is 6.87. The Labute approximate surface area is 121 Å². The van der Waals surface area contributed by atoms with Gasteiger partial charge in [-0.25, -0.2) is 0 Å². The summed E-state index contributed by atoms with van der Waals surface area (Å²) in [6.07, 6.45) is 2.48. The van der Waals surface area contributed by atoms with Crippen LogP contribution in [0.4, 0.5) is 0 Å². The highest BCUT2D eigenvalue weighted by molar-refractivity contribution is 5.74. The van der Waals surface area contributed by atoms with E-state index in [1.807, 2.05) is 39.8 Å². The predicted octanol–water partition coefficient (Wildman–Crippen LogP) is 3.67. The number of nitrogens with zero attached hydrogens (tertiary/aromatic N) is 1. The van der Waals surface area contributed by atoms with E-state index in [9.17, 15) is 4.79 Å². The molecule has 4 heteroatoms. The normalized spacial score (nSPS) is 12.9. The van der Waals surface area contributed by atoms with E-state index in [-0.39, 0.29) is 17.9 Å². The quantitative estimate of drug-likeness (QED) is 0.610. The first kappa shape index (κ1) is 16.5. The van der Waals surface area contributed by atoms with Crippen LogP contribution < -0.4 is 0 Å². The number of carbonyl (C=O) groups excluding carboxylic acids is 1. The van der Waals surface area contributed by atoms with Gasteiger partial charge < -0.3 is 9.15 Å². The summed E-state index contributed by atoms with van der Waals surface area (Å²) < 4.78 is 10.8. The Hall–Kier alpha value is -1.58. The lowest BCUT2D eigenvalue weighted by molar-refractivity contribution is -0.152. The highest BCUT2D eigenvalue weighted by Gasteiger charge is 2.23. The molecule has 0 saturated carbocycles. The Morgan fingerprint density at radius 2 is 1.95 bits per heavy atom. The molecule has 20 heavy (non-hydrogen) atoms. The molecule has 0 atom stereocenters. The molecular weight excluding hydrogens is 254 g/mol. The van der Waals surface area contributed by atoms with Crippen molar-refractivity contribution in [3.8, 4) is 0 Å². The summed E-state index contributed by atoms with van der Waals surface area (Å²) in [6.45, 7) is 11.7. The molecule has 0 spiro atoms. The maximum absolute atomic E-state index is 11.5. The number of hydrogen-bond acceptors (Lipinski definition) is 4. The highest BCUT2D eigenvalue weighted by atomic mass is 16.6. The summed E-state index contributed by atoms with van der Waals surface area (Å²) >= 11 is 0. The van der Waals surface area contributed by atoms with Crippen LogP contribution in [0.5, 0.6) is 0 Å². The number of aliphatic imine (C=N–C) groups is 1. The smallest absolute Gasteiger partial charge is 0.328 e. The van der Waals surface area contributed by atoms with Crippen LogP contribution in [-0.4, -0.2) is 24.3 Å². The minimum atomic E-state index is -0.461. The fourth-order valence-corrected chi connectivity index (χ4v) is 1.70. The molecule has 0 N–H and O–H groups in total. The van der Waals surface area contributed by atoms with Gasteiger partial charge in [-0.05, 0) is 46.2 Å². The molecule has 1 aromatic heterocycles. The second-order valence-corrected chi connectivity index (χ2v) is 6.61. The van der Waals surface area contributed by atoms with E-state index in [1.54, 1.807) is 6.21 Å². The van der Waals surface area contributed by atoms with E-state index in [0.29, 0.717) is 6.42 Å². The number of esters is 1. The van der Waals surface area contributed by atoms with Crippen LogP contribution in [-0.2, 0) is 14.9 Å². The molecule has 1 aromatic rings. The maximum atomic E-state index is 11.5. The van der Waals surface area contributed by atoms with E-state index >= 15 is 0 Å². The van der Waals surface area contributed by atoms with Crippen molar-refractivity contribution in [1.82, 2.24) is 0 Å². The topological polar surface area (TPSA) is 51.8 Å². The van der Waals surface area contributed by atoms with Crippen molar-refractivity contribution in [2.75, 3.05) is 6.54 Å². The van der Waals surface area contributed by atoms with Crippen LogP contribution in [0.3, 0.4) is 0 Å². The van der Waals surface area contributed by atoms with Gasteiger partial charge in [0.2, 0.25) is 0 Å². The standard InChI is InChI=1S/C16H25NO3/c1-12-7-8-13(19-12)16(5,6)9-10-17-11-14(18)20-15(2,3)4/h7-8,10H,9,11H2,1-6H3/b17-10+. The van der Waals surface area contributed by atoms with Gasteiger partial charge in [0, 0.05) is 11.6 Å². The lowest BCUT2D eigenvalue weighted by Gasteiger charge is -2.20. The minimum absolute atomic E-state index is 0.0601. The molecule has 112 valence electrons. The van der Waals surface area contributed by atoms with Gasteiger partial charge in [0.15, 0.2) is 0 Å².